The molecule has 0 saturated heterocycles. The van der Waals surface area contributed by atoms with Crippen LogP contribution in [0.3, 0.4) is 0 Å². The van der Waals surface area contributed by atoms with Crippen LogP contribution in [0.1, 0.15) is 26.3 Å². The molecule has 110 valence electrons. The van der Waals surface area contributed by atoms with E-state index in [1.807, 2.05) is 0 Å². The fourth-order valence-electron chi connectivity index (χ4n) is 1.10. The predicted molar refractivity (Wildman–Crippen MR) is 60.3 cm³/mol. The Kier molecular flexibility index (Phi) is 5.70. The molecule has 9 heteroatoms. The number of carbonyl (C=O) groups excluding carboxylic acids is 1. The Labute approximate surface area is 110 Å². The second kappa shape index (κ2) is 6.55. The van der Waals surface area contributed by atoms with Crippen LogP contribution in [0.15, 0.2) is 18.2 Å². The van der Waals surface area contributed by atoms with Gasteiger partial charge in [-0.05, 0) is 24.6 Å². The van der Waals surface area contributed by atoms with Crippen molar-refractivity contribution in [3.05, 3.63) is 34.9 Å². The average molecular weight is 293 g/mol. The molecule has 0 aromatic heterocycles. The molecule has 0 heterocycles. The van der Waals surface area contributed by atoms with Crippen LogP contribution in [-0.2, 0) is 4.79 Å². The van der Waals surface area contributed by atoms with Crippen LogP contribution in [0.4, 0.5) is 13.2 Å². The third kappa shape index (κ3) is 4.96. The second-order valence-electron chi connectivity index (χ2n) is 3.45. The SMILES string of the molecule is Cc1c(C(=O)O)cccc1C(=O)O.NC(=O)C(F)(F)F. The molecule has 0 unspecified atom stereocenters. The van der Waals surface area contributed by atoms with Crippen LogP contribution in [0, 0.1) is 6.92 Å². The Hall–Kier alpha value is -2.58. The van der Waals surface area contributed by atoms with Gasteiger partial charge in [0, 0.05) is 0 Å². The van der Waals surface area contributed by atoms with Crippen molar-refractivity contribution in [3.8, 4) is 0 Å². The maximum absolute atomic E-state index is 10.7. The summed E-state index contributed by atoms with van der Waals surface area (Å²) in [5.41, 5.74) is 4.14. The standard InChI is InChI=1S/C9H8O4.C2H2F3NO/c1-5-6(8(10)11)3-2-4-7(5)9(12)13;3-2(4,5)1(6)7/h2-4H,1H3,(H,10,11)(H,12,13);(H2,6,7). The lowest BCUT2D eigenvalue weighted by atomic mass is 10.0. The van der Waals surface area contributed by atoms with Gasteiger partial charge in [-0.15, -0.1) is 0 Å². The number of benzene rings is 1. The van der Waals surface area contributed by atoms with Gasteiger partial charge in [-0.25, -0.2) is 9.59 Å². The summed E-state index contributed by atoms with van der Waals surface area (Å²) >= 11 is 0. The number of alkyl halides is 3. The third-order valence-electron chi connectivity index (χ3n) is 2.07. The van der Waals surface area contributed by atoms with E-state index in [1.54, 1.807) is 0 Å². The van der Waals surface area contributed by atoms with Crippen molar-refractivity contribution in [1.29, 1.82) is 0 Å². The fraction of sp³-hybridized carbons (Fsp3) is 0.182. The van der Waals surface area contributed by atoms with Gasteiger partial charge in [-0.2, -0.15) is 13.2 Å². The van der Waals surface area contributed by atoms with Gasteiger partial charge in [-0.3, -0.25) is 4.79 Å². The smallest absolute Gasteiger partial charge is 0.470 e. The molecule has 0 aliphatic carbocycles. The zero-order valence-electron chi connectivity index (χ0n) is 10.1. The quantitative estimate of drug-likeness (QED) is 0.762. The number of carboxylic acids is 2. The molecule has 0 fully saturated rings. The van der Waals surface area contributed by atoms with Crippen LogP contribution >= 0.6 is 0 Å². The van der Waals surface area contributed by atoms with Gasteiger partial charge < -0.3 is 15.9 Å². The van der Waals surface area contributed by atoms with E-state index in [-0.39, 0.29) is 16.7 Å². The Balaban J connectivity index is 0.000000441. The highest BCUT2D eigenvalue weighted by atomic mass is 19.4. The first-order valence-corrected chi connectivity index (χ1v) is 4.91. The van der Waals surface area contributed by atoms with Gasteiger partial charge >= 0.3 is 24.0 Å². The monoisotopic (exact) mass is 293 g/mol. The molecule has 0 aliphatic heterocycles. The van der Waals surface area contributed by atoms with Crippen molar-refractivity contribution in [2.75, 3.05) is 0 Å². The number of halogens is 3. The molecular weight excluding hydrogens is 283 g/mol. The molecule has 0 atom stereocenters. The fourth-order valence-corrected chi connectivity index (χ4v) is 1.10. The summed E-state index contributed by atoms with van der Waals surface area (Å²) in [6.45, 7) is 1.48. The van der Waals surface area contributed by atoms with Crippen molar-refractivity contribution in [1.82, 2.24) is 0 Å². The largest absolute Gasteiger partial charge is 0.478 e. The summed E-state index contributed by atoms with van der Waals surface area (Å²) in [6.07, 6.45) is -4.86. The minimum atomic E-state index is -4.86. The van der Waals surface area contributed by atoms with Gasteiger partial charge in [0.05, 0.1) is 11.1 Å². The van der Waals surface area contributed by atoms with Crippen molar-refractivity contribution < 1.29 is 37.8 Å². The Morgan fingerprint density at radius 3 is 1.55 bits per heavy atom. The topological polar surface area (TPSA) is 118 Å². The number of hydrogen-bond donors (Lipinski definition) is 3. The molecule has 1 aromatic rings. The Morgan fingerprint density at radius 2 is 1.35 bits per heavy atom. The van der Waals surface area contributed by atoms with E-state index in [1.165, 1.54) is 25.1 Å². The normalized spacial score (nSPS) is 10.2. The number of rotatable bonds is 2. The maximum Gasteiger partial charge on any atom is 0.470 e. The lowest BCUT2D eigenvalue weighted by Crippen LogP contribution is -2.30. The number of primary amides is 1. The molecule has 0 bridgehead atoms. The Morgan fingerprint density at radius 1 is 1.05 bits per heavy atom. The van der Waals surface area contributed by atoms with Gasteiger partial charge in [0.2, 0.25) is 0 Å². The molecule has 0 saturated carbocycles. The summed E-state index contributed by atoms with van der Waals surface area (Å²) in [5, 5.41) is 17.4. The highest BCUT2D eigenvalue weighted by Crippen LogP contribution is 2.13. The van der Waals surface area contributed by atoms with E-state index < -0.39 is 24.0 Å². The highest BCUT2D eigenvalue weighted by molar-refractivity contribution is 5.96. The third-order valence-corrected chi connectivity index (χ3v) is 2.07. The van der Waals surface area contributed by atoms with Crippen molar-refractivity contribution in [2.24, 2.45) is 5.73 Å². The van der Waals surface area contributed by atoms with Crippen LogP contribution < -0.4 is 5.73 Å². The molecule has 0 aliphatic rings. The molecule has 6 nitrogen and oxygen atoms in total. The van der Waals surface area contributed by atoms with Crippen LogP contribution in [0.2, 0.25) is 0 Å². The van der Waals surface area contributed by atoms with E-state index >= 15 is 0 Å². The van der Waals surface area contributed by atoms with Gasteiger partial charge in [0.1, 0.15) is 0 Å². The number of carbonyl (C=O) groups is 3. The zero-order chi connectivity index (χ0) is 16.1. The second-order valence-corrected chi connectivity index (χ2v) is 3.45. The summed E-state index contributed by atoms with van der Waals surface area (Å²) in [6, 6.07) is 4.17. The molecule has 1 rings (SSSR count). The zero-order valence-corrected chi connectivity index (χ0v) is 10.1. The van der Waals surface area contributed by atoms with Crippen LogP contribution in [0.5, 0.6) is 0 Å². The first kappa shape index (κ1) is 17.4. The van der Waals surface area contributed by atoms with Gasteiger partial charge in [-0.1, -0.05) is 6.07 Å². The van der Waals surface area contributed by atoms with Crippen LogP contribution in [0.25, 0.3) is 0 Å². The molecule has 1 amide bonds. The van der Waals surface area contributed by atoms with E-state index in [9.17, 15) is 22.8 Å². The van der Waals surface area contributed by atoms with E-state index in [0.29, 0.717) is 0 Å². The number of aromatic carboxylic acids is 2. The van der Waals surface area contributed by atoms with Gasteiger partial charge in [0.15, 0.2) is 0 Å². The highest BCUT2D eigenvalue weighted by Gasteiger charge is 2.35. The average Bonchev–Trinajstić information content (AvgIpc) is 2.27. The number of nitrogens with two attached hydrogens (primary N) is 1. The minimum absolute atomic E-state index is 0.0277. The summed E-state index contributed by atoms with van der Waals surface area (Å²) in [4.78, 5) is 30.3. The van der Waals surface area contributed by atoms with Crippen molar-refractivity contribution in [3.63, 3.8) is 0 Å². The van der Waals surface area contributed by atoms with Crippen molar-refractivity contribution in [2.45, 2.75) is 13.1 Å². The summed E-state index contributed by atoms with van der Waals surface area (Å²) < 4.78 is 32.1. The van der Waals surface area contributed by atoms with Gasteiger partial charge in [0.25, 0.3) is 0 Å². The predicted octanol–water partition coefficient (Wildman–Crippen LogP) is 1.43. The number of hydrogen-bond acceptors (Lipinski definition) is 3. The van der Waals surface area contributed by atoms with E-state index in [4.69, 9.17) is 15.0 Å². The van der Waals surface area contributed by atoms with E-state index in [0.717, 1.165) is 0 Å². The molecule has 1 aromatic carbocycles. The summed E-state index contributed by atoms with van der Waals surface area (Å²) in [7, 11) is 0. The van der Waals surface area contributed by atoms with Crippen LogP contribution in [-0.4, -0.2) is 34.2 Å². The molecule has 0 spiro atoms. The maximum atomic E-state index is 10.7. The Bertz CT molecular complexity index is 507. The lowest BCUT2D eigenvalue weighted by molar-refractivity contribution is -0.169. The first-order chi connectivity index (χ1) is 8.98. The number of carboxylic acid groups (broad SMARTS) is 2. The summed E-state index contributed by atoms with van der Waals surface area (Å²) in [5.74, 6) is -4.48. The molecule has 4 N–H and O–H groups in total. The lowest BCUT2D eigenvalue weighted by Gasteiger charge is -2.03. The number of amides is 1. The minimum Gasteiger partial charge on any atom is -0.478 e. The van der Waals surface area contributed by atoms with Crippen molar-refractivity contribution >= 4 is 17.8 Å². The van der Waals surface area contributed by atoms with E-state index in [2.05, 4.69) is 5.73 Å². The molecule has 0 radical (unpaired) electrons. The first-order valence-electron chi connectivity index (χ1n) is 4.91. The molecular formula is C11H10F3NO5. The molecule has 20 heavy (non-hydrogen) atoms.